The lowest BCUT2D eigenvalue weighted by Gasteiger charge is -2.34. The van der Waals surface area contributed by atoms with Gasteiger partial charge in [0, 0.05) is 18.1 Å². The fourth-order valence-electron chi connectivity index (χ4n) is 4.54. The molecule has 1 atom stereocenters. The van der Waals surface area contributed by atoms with Crippen LogP contribution in [0.25, 0.3) is 10.9 Å². The minimum absolute atomic E-state index is 0.0185. The summed E-state index contributed by atoms with van der Waals surface area (Å²) in [6, 6.07) is 5.86. The van der Waals surface area contributed by atoms with Crippen molar-refractivity contribution in [3.8, 4) is 0 Å². The molecule has 0 radical (unpaired) electrons. The number of amidine groups is 1. The number of aryl methyl sites for hydroxylation is 1. The zero-order valence-electron chi connectivity index (χ0n) is 19.4. The number of nitrogens with one attached hydrogen (secondary N) is 2. The molecule has 10 heteroatoms. The Hall–Kier alpha value is -3.63. The van der Waals surface area contributed by atoms with Crippen LogP contribution in [0.2, 0.25) is 0 Å². The first-order valence-electron chi connectivity index (χ1n) is 11.0. The monoisotopic (exact) mass is 446 g/mol. The Kier molecular flexibility index (Phi) is 4.80. The van der Waals surface area contributed by atoms with Crippen molar-refractivity contribution in [3.63, 3.8) is 0 Å². The van der Waals surface area contributed by atoms with Crippen molar-refractivity contribution < 1.29 is 5.11 Å². The number of H-pyrrole nitrogens is 1. The van der Waals surface area contributed by atoms with Gasteiger partial charge in [0.1, 0.15) is 23.7 Å². The van der Waals surface area contributed by atoms with E-state index in [0.717, 1.165) is 22.3 Å². The van der Waals surface area contributed by atoms with Crippen molar-refractivity contribution in [2.75, 3.05) is 5.32 Å². The number of aromatic amines is 1. The molecule has 3 aromatic rings. The predicted octanol–water partition coefficient (Wildman–Crippen LogP) is 3.45. The van der Waals surface area contributed by atoms with Crippen molar-refractivity contribution in [1.29, 1.82) is 0 Å². The third-order valence-corrected chi connectivity index (χ3v) is 6.42. The van der Waals surface area contributed by atoms with Crippen molar-refractivity contribution in [2.24, 2.45) is 34.0 Å². The fraction of sp³-hybridized carbons (Fsp3) is 0.348. The van der Waals surface area contributed by atoms with Crippen LogP contribution in [-0.4, -0.2) is 43.1 Å². The molecular formula is C23H28N9O+. The minimum Gasteiger partial charge on any atom is -0.383 e. The Bertz CT molecular complexity index is 1330. The number of hydrogen-bond donors (Lipinski definition) is 3. The summed E-state index contributed by atoms with van der Waals surface area (Å²) >= 11 is 0. The normalized spacial score (nSPS) is 20.0. The van der Waals surface area contributed by atoms with E-state index in [1.54, 1.807) is 23.3 Å². The quantitative estimate of drug-likeness (QED) is 0.521. The molecule has 2 aliphatic rings. The number of hydrogen-bond acceptors (Lipinski definition) is 7. The first-order valence-corrected chi connectivity index (χ1v) is 11.0. The third kappa shape index (κ3) is 3.21. The number of guanidine groups is 1. The lowest BCUT2D eigenvalue weighted by Crippen LogP contribution is -2.44. The van der Waals surface area contributed by atoms with Gasteiger partial charge in [0.15, 0.2) is 6.20 Å². The molecule has 0 spiro atoms. The van der Waals surface area contributed by atoms with E-state index in [1.807, 2.05) is 65.3 Å². The van der Waals surface area contributed by atoms with Crippen molar-refractivity contribution >= 4 is 40.3 Å². The number of rotatable bonds is 5. The smallest absolute Gasteiger partial charge is 0.287 e. The highest BCUT2D eigenvalue weighted by molar-refractivity contribution is 6.38. The predicted molar refractivity (Wildman–Crippen MR) is 131 cm³/mol. The summed E-state index contributed by atoms with van der Waals surface area (Å²) in [6.45, 7) is 8.06. The largest absolute Gasteiger partial charge is 0.383 e. The molecule has 0 amide bonds. The standard InChI is InChI=1S/C23H28N9O/c1-14(2)23(33,15(3)4)21-18-7-6-16(10-19(18)28-29-21)26-22-27-20-12-24-8-9-32(20,30-22)17-11-25-31(5)13-17/h6-15,33H,1-5H3,(H,26,30)(H,28,29)/q+1. The highest BCUT2D eigenvalue weighted by Crippen LogP contribution is 2.39. The topological polar surface area (TPSA) is 116 Å². The molecule has 10 nitrogen and oxygen atoms in total. The molecule has 2 aliphatic heterocycles. The Morgan fingerprint density at radius 2 is 1.97 bits per heavy atom. The molecule has 1 unspecified atom stereocenters. The van der Waals surface area contributed by atoms with Crippen molar-refractivity contribution in [2.45, 2.75) is 33.3 Å². The van der Waals surface area contributed by atoms with E-state index in [4.69, 9.17) is 5.10 Å². The zero-order valence-corrected chi connectivity index (χ0v) is 19.4. The number of fused-ring (bicyclic) bond motifs is 2. The SMILES string of the molecule is CC(C)C(O)(c1n[nH]c2cc(NC3=N[N+]4(c5cnn(C)c5)C=CN=CC4=N3)ccc12)C(C)C. The maximum Gasteiger partial charge on any atom is 0.287 e. The van der Waals surface area contributed by atoms with Crippen molar-refractivity contribution in [3.05, 3.63) is 48.7 Å². The molecular weight excluding hydrogens is 418 g/mol. The van der Waals surface area contributed by atoms with E-state index in [2.05, 4.69) is 30.6 Å². The van der Waals surface area contributed by atoms with Gasteiger partial charge < -0.3 is 10.4 Å². The average molecular weight is 447 g/mol. The van der Waals surface area contributed by atoms with E-state index in [9.17, 15) is 5.11 Å². The number of nitrogens with zero attached hydrogens (tertiary/aromatic N) is 7. The highest BCUT2D eigenvalue weighted by Gasteiger charge is 2.44. The van der Waals surface area contributed by atoms with Crippen LogP contribution in [0.4, 0.5) is 11.4 Å². The number of aromatic nitrogens is 4. The van der Waals surface area contributed by atoms with Gasteiger partial charge in [0.05, 0.1) is 17.9 Å². The van der Waals surface area contributed by atoms with Gasteiger partial charge in [-0.1, -0.05) is 32.3 Å². The van der Waals surface area contributed by atoms with E-state index < -0.39 is 5.60 Å². The molecule has 0 bridgehead atoms. The molecule has 2 aromatic heterocycles. The molecule has 170 valence electrons. The zero-order chi connectivity index (χ0) is 23.4. The Morgan fingerprint density at radius 1 is 1.18 bits per heavy atom. The summed E-state index contributed by atoms with van der Waals surface area (Å²) in [5.74, 6) is 1.18. The molecule has 0 fully saturated rings. The molecule has 5 rings (SSSR count). The number of aliphatic hydroxyl groups is 1. The van der Waals surface area contributed by atoms with Gasteiger partial charge in [0.2, 0.25) is 5.69 Å². The number of benzene rings is 1. The summed E-state index contributed by atoms with van der Waals surface area (Å²) in [4.78, 5) is 8.87. The Morgan fingerprint density at radius 3 is 2.67 bits per heavy atom. The van der Waals surface area contributed by atoms with Gasteiger partial charge in [0.25, 0.3) is 11.8 Å². The first kappa shape index (κ1) is 21.2. The molecule has 0 saturated heterocycles. The molecule has 3 N–H and O–H groups in total. The van der Waals surface area contributed by atoms with Gasteiger partial charge in [-0.05, 0) is 35.1 Å². The van der Waals surface area contributed by atoms with E-state index in [-0.39, 0.29) is 16.4 Å². The maximum atomic E-state index is 11.4. The van der Waals surface area contributed by atoms with Gasteiger partial charge in [-0.2, -0.15) is 15.2 Å². The molecule has 0 saturated carbocycles. The molecule has 1 aromatic carbocycles. The summed E-state index contributed by atoms with van der Waals surface area (Å²) in [5.41, 5.74) is 2.15. The van der Waals surface area contributed by atoms with Crippen LogP contribution in [0.3, 0.4) is 0 Å². The first-order chi connectivity index (χ1) is 15.7. The molecule has 33 heavy (non-hydrogen) atoms. The van der Waals surface area contributed by atoms with Crippen LogP contribution in [0, 0.1) is 11.8 Å². The van der Waals surface area contributed by atoms with Gasteiger partial charge in [-0.25, -0.2) is 0 Å². The highest BCUT2D eigenvalue weighted by atomic mass is 16.3. The average Bonchev–Trinajstić information content (AvgIpc) is 3.49. The second-order valence-corrected chi connectivity index (χ2v) is 9.12. The van der Waals surface area contributed by atoms with Gasteiger partial charge >= 0.3 is 0 Å². The summed E-state index contributed by atoms with van der Waals surface area (Å²) < 4.78 is 1.81. The summed E-state index contributed by atoms with van der Waals surface area (Å²) in [5, 5.41) is 32.3. The number of anilines is 1. The number of quaternary nitrogens is 1. The third-order valence-electron chi connectivity index (χ3n) is 6.42. The minimum atomic E-state index is -1.02. The van der Waals surface area contributed by atoms with E-state index in [0.29, 0.717) is 17.5 Å². The lowest BCUT2D eigenvalue weighted by atomic mass is 9.77. The fourth-order valence-corrected chi connectivity index (χ4v) is 4.54. The molecule has 4 heterocycles. The van der Waals surface area contributed by atoms with E-state index in [1.165, 1.54) is 0 Å². The second kappa shape index (κ2) is 7.46. The van der Waals surface area contributed by atoms with Gasteiger partial charge in [-0.3, -0.25) is 14.8 Å². The van der Waals surface area contributed by atoms with Crippen LogP contribution in [0.1, 0.15) is 33.4 Å². The van der Waals surface area contributed by atoms with Crippen LogP contribution >= 0.6 is 0 Å². The van der Waals surface area contributed by atoms with E-state index >= 15 is 0 Å². The lowest BCUT2D eigenvalue weighted by molar-refractivity contribution is -0.0556. The molecule has 0 aliphatic carbocycles. The summed E-state index contributed by atoms with van der Waals surface area (Å²) in [7, 11) is 1.87. The second-order valence-electron chi connectivity index (χ2n) is 9.12. The maximum absolute atomic E-state index is 11.4. The van der Waals surface area contributed by atoms with Crippen LogP contribution in [-0.2, 0) is 12.6 Å². The Labute approximate surface area is 191 Å². The van der Waals surface area contributed by atoms with Crippen molar-refractivity contribution in [1.82, 2.24) is 24.6 Å². The Balaban J connectivity index is 1.49. The van der Waals surface area contributed by atoms with Gasteiger partial charge in [-0.15, -0.1) is 0 Å². The number of aliphatic imine (C=N–C) groups is 2. The van der Waals surface area contributed by atoms with Crippen LogP contribution in [0.5, 0.6) is 0 Å². The summed E-state index contributed by atoms with van der Waals surface area (Å²) in [6.07, 6.45) is 8.96. The van der Waals surface area contributed by atoms with Crippen LogP contribution in [0.15, 0.2) is 58.1 Å². The van der Waals surface area contributed by atoms with Crippen LogP contribution < -0.4 is 9.91 Å².